The predicted molar refractivity (Wildman–Crippen MR) is 66.9 cm³/mol. The monoisotopic (exact) mass is 248 g/mol. The summed E-state index contributed by atoms with van der Waals surface area (Å²) in [6, 6.07) is 2.04. The number of nitrogens with zero attached hydrogens (tertiary/aromatic N) is 1. The average molecular weight is 249 g/mol. The van der Waals surface area contributed by atoms with Crippen LogP contribution in [0.4, 0.5) is 0 Å². The molecule has 0 aliphatic heterocycles. The molecule has 1 atom stereocenters. The van der Waals surface area contributed by atoms with E-state index in [1.165, 1.54) is 11.3 Å². The minimum atomic E-state index is 0. The molecule has 0 radical (unpaired) electrons. The number of carbonyl (C=O) groups is 1. The lowest BCUT2D eigenvalue weighted by Gasteiger charge is -2.23. The number of thiophene rings is 1. The minimum absolute atomic E-state index is 0. The van der Waals surface area contributed by atoms with Gasteiger partial charge < -0.3 is 10.6 Å². The molecule has 0 saturated carbocycles. The van der Waals surface area contributed by atoms with Gasteiger partial charge in [0.2, 0.25) is 0 Å². The van der Waals surface area contributed by atoms with Crippen LogP contribution in [0.3, 0.4) is 0 Å². The molecule has 1 unspecified atom stereocenters. The highest BCUT2D eigenvalue weighted by Crippen LogP contribution is 2.18. The van der Waals surface area contributed by atoms with Crippen LogP contribution in [-0.2, 0) is 0 Å². The molecule has 1 amide bonds. The van der Waals surface area contributed by atoms with Crippen LogP contribution in [-0.4, -0.2) is 30.4 Å². The molecule has 1 aromatic heterocycles. The number of amides is 1. The van der Waals surface area contributed by atoms with E-state index >= 15 is 0 Å². The second-order valence-electron chi connectivity index (χ2n) is 3.43. The first-order valence-corrected chi connectivity index (χ1v) is 5.47. The quantitative estimate of drug-likeness (QED) is 0.888. The zero-order valence-corrected chi connectivity index (χ0v) is 10.8. The first-order chi connectivity index (χ1) is 6.57. The smallest absolute Gasteiger partial charge is 0.264 e. The predicted octanol–water partition coefficient (Wildman–Crippen LogP) is 1.90. The third kappa shape index (κ3) is 3.19. The van der Waals surface area contributed by atoms with Crippen molar-refractivity contribution in [3.63, 3.8) is 0 Å². The Labute approximate surface area is 101 Å². The van der Waals surface area contributed by atoms with Crippen LogP contribution < -0.4 is 5.73 Å². The number of likely N-dealkylation sites (N-methyl/N-ethyl adjacent to an activating group) is 1. The van der Waals surface area contributed by atoms with E-state index in [2.05, 4.69) is 0 Å². The Morgan fingerprint density at radius 2 is 2.27 bits per heavy atom. The molecule has 0 spiro atoms. The molecular formula is C10H17ClN2OS. The second-order valence-corrected chi connectivity index (χ2v) is 4.35. The van der Waals surface area contributed by atoms with E-state index in [0.717, 1.165) is 10.4 Å². The molecule has 1 heterocycles. The highest BCUT2D eigenvalue weighted by atomic mass is 35.5. The summed E-state index contributed by atoms with van der Waals surface area (Å²) in [5, 5.41) is 1.93. The maximum atomic E-state index is 11.9. The maximum absolute atomic E-state index is 11.9. The van der Waals surface area contributed by atoms with Gasteiger partial charge in [0.25, 0.3) is 5.91 Å². The first-order valence-electron chi connectivity index (χ1n) is 4.59. The van der Waals surface area contributed by atoms with Gasteiger partial charge in [-0.05, 0) is 30.9 Å². The van der Waals surface area contributed by atoms with Crippen molar-refractivity contribution in [3.05, 3.63) is 21.9 Å². The minimum Gasteiger partial charge on any atom is -0.337 e. The summed E-state index contributed by atoms with van der Waals surface area (Å²) < 4.78 is 0. The van der Waals surface area contributed by atoms with Crippen LogP contribution in [0.1, 0.15) is 22.2 Å². The molecule has 86 valence electrons. The fourth-order valence-corrected chi connectivity index (χ4v) is 2.02. The second kappa shape index (κ2) is 6.10. The molecule has 5 heteroatoms. The molecule has 1 aromatic rings. The first kappa shape index (κ1) is 14.4. The zero-order valence-electron chi connectivity index (χ0n) is 9.19. The standard InChI is InChI=1S/C10H16N2OS.ClH/c1-7-4-5-14-9(7)10(13)12(3)8(2)6-11;/h4-5,8H,6,11H2,1-3H3;1H. The molecule has 0 aliphatic rings. The van der Waals surface area contributed by atoms with E-state index in [4.69, 9.17) is 5.73 Å². The lowest BCUT2D eigenvalue weighted by molar-refractivity contribution is 0.0752. The summed E-state index contributed by atoms with van der Waals surface area (Å²) in [5.41, 5.74) is 6.55. The third-order valence-corrected chi connectivity index (χ3v) is 3.38. The fraction of sp³-hybridized carbons (Fsp3) is 0.500. The van der Waals surface area contributed by atoms with Crippen molar-refractivity contribution in [2.75, 3.05) is 13.6 Å². The van der Waals surface area contributed by atoms with Crippen molar-refractivity contribution in [1.29, 1.82) is 0 Å². The highest BCUT2D eigenvalue weighted by Gasteiger charge is 2.18. The van der Waals surface area contributed by atoms with Gasteiger partial charge in [-0.25, -0.2) is 0 Å². The summed E-state index contributed by atoms with van der Waals surface area (Å²) in [6.07, 6.45) is 0. The number of nitrogens with two attached hydrogens (primary N) is 1. The van der Waals surface area contributed by atoms with Crippen molar-refractivity contribution >= 4 is 29.7 Å². The van der Waals surface area contributed by atoms with Gasteiger partial charge in [-0.2, -0.15) is 0 Å². The van der Waals surface area contributed by atoms with Gasteiger partial charge >= 0.3 is 0 Å². The van der Waals surface area contributed by atoms with Crippen molar-refractivity contribution in [2.45, 2.75) is 19.9 Å². The Kier molecular flexibility index (Phi) is 5.87. The number of hydrogen-bond acceptors (Lipinski definition) is 3. The van der Waals surface area contributed by atoms with Gasteiger partial charge in [0.15, 0.2) is 0 Å². The Morgan fingerprint density at radius 3 is 2.67 bits per heavy atom. The Bertz CT molecular complexity index is 327. The number of carbonyl (C=O) groups excluding carboxylic acids is 1. The fourth-order valence-electron chi connectivity index (χ4n) is 1.11. The summed E-state index contributed by atoms with van der Waals surface area (Å²) in [7, 11) is 1.79. The van der Waals surface area contributed by atoms with Crippen LogP contribution in [0.2, 0.25) is 0 Å². The third-order valence-electron chi connectivity index (χ3n) is 2.38. The molecule has 3 nitrogen and oxygen atoms in total. The molecule has 0 bridgehead atoms. The Morgan fingerprint density at radius 1 is 1.67 bits per heavy atom. The molecule has 2 N–H and O–H groups in total. The summed E-state index contributed by atoms with van der Waals surface area (Å²) in [5.74, 6) is 0.0652. The van der Waals surface area contributed by atoms with Crippen molar-refractivity contribution in [2.24, 2.45) is 5.73 Å². The zero-order chi connectivity index (χ0) is 10.7. The highest BCUT2D eigenvalue weighted by molar-refractivity contribution is 7.12. The van der Waals surface area contributed by atoms with Gasteiger partial charge in [0.05, 0.1) is 4.88 Å². The van der Waals surface area contributed by atoms with Crippen molar-refractivity contribution in [1.82, 2.24) is 4.90 Å². The molecule has 0 aliphatic carbocycles. The number of aryl methyl sites for hydroxylation is 1. The molecule has 0 fully saturated rings. The summed E-state index contributed by atoms with van der Waals surface area (Å²) >= 11 is 1.48. The van der Waals surface area contributed by atoms with E-state index in [-0.39, 0.29) is 24.4 Å². The van der Waals surface area contributed by atoms with Gasteiger partial charge in [0, 0.05) is 19.6 Å². The van der Waals surface area contributed by atoms with Crippen molar-refractivity contribution in [3.8, 4) is 0 Å². The van der Waals surface area contributed by atoms with E-state index in [1.54, 1.807) is 11.9 Å². The van der Waals surface area contributed by atoms with Crippen LogP contribution >= 0.6 is 23.7 Å². The van der Waals surface area contributed by atoms with E-state index in [0.29, 0.717) is 6.54 Å². The number of hydrogen-bond donors (Lipinski definition) is 1. The summed E-state index contributed by atoms with van der Waals surface area (Å²) in [6.45, 7) is 4.39. The van der Waals surface area contributed by atoms with Gasteiger partial charge in [-0.3, -0.25) is 4.79 Å². The largest absolute Gasteiger partial charge is 0.337 e. The van der Waals surface area contributed by atoms with Gasteiger partial charge in [0.1, 0.15) is 0 Å². The van der Waals surface area contributed by atoms with Crippen molar-refractivity contribution < 1.29 is 4.79 Å². The lowest BCUT2D eigenvalue weighted by Crippen LogP contribution is -2.39. The van der Waals surface area contributed by atoms with E-state index in [9.17, 15) is 4.79 Å². The molecule has 15 heavy (non-hydrogen) atoms. The van der Waals surface area contributed by atoms with Crippen LogP contribution in [0.25, 0.3) is 0 Å². The normalized spacial score (nSPS) is 11.7. The molecule has 1 rings (SSSR count). The van der Waals surface area contributed by atoms with Crippen LogP contribution in [0.15, 0.2) is 11.4 Å². The molecule has 0 saturated heterocycles. The Hall–Kier alpha value is -0.580. The maximum Gasteiger partial charge on any atom is 0.264 e. The molecule has 0 aromatic carbocycles. The lowest BCUT2D eigenvalue weighted by atomic mass is 10.2. The average Bonchev–Trinajstić information content (AvgIpc) is 2.61. The van der Waals surface area contributed by atoms with Crippen LogP contribution in [0, 0.1) is 6.92 Å². The Balaban J connectivity index is 0.00000196. The summed E-state index contributed by atoms with van der Waals surface area (Å²) in [4.78, 5) is 14.4. The van der Waals surface area contributed by atoms with E-state index in [1.807, 2.05) is 25.3 Å². The van der Waals surface area contributed by atoms with E-state index < -0.39 is 0 Å². The van der Waals surface area contributed by atoms with Gasteiger partial charge in [-0.1, -0.05) is 0 Å². The topological polar surface area (TPSA) is 46.3 Å². The van der Waals surface area contributed by atoms with Gasteiger partial charge in [-0.15, -0.1) is 23.7 Å². The van der Waals surface area contributed by atoms with Crippen LogP contribution in [0.5, 0.6) is 0 Å². The number of halogens is 1. The SMILES string of the molecule is Cc1ccsc1C(=O)N(C)C(C)CN.Cl. The number of rotatable bonds is 3. The molecular weight excluding hydrogens is 232 g/mol.